The number of non-ortho nitro benzene ring substituents is 1. The number of hydrogen-bond acceptors (Lipinski definition) is 8. The van der Waals surface area contributed by atoms with E-state index in [1.807, 2.05) is 0 Å². The maximum atomic E-state index is 11.0. The summed E-state index contributed by atoms with van der Waals surface area (Å²) in [6.45, 7) is 0. The first-order valence-electron chi connectivity index (χ1n) is 5.27. The minimum absolute atomic E-state index is 0.162. The fraction of sp³-hybridized carbons (Fsp3) is 0. The van der Waals surface area contributed by atoms with Crippen molar-refractivity contribution >= 4 is 28.6 Å². The van der Waals surface area contributed by atoms with Gasteiger partial charge in [0, 0.05) is 6.07 Å². The molecule has 0 aliphatic rings. The van der Waals surface area contributed by atoms with Gasteiger partial charge in [-0.25, -0.2) is 0 Å². The van der Waals surface area contributed by atoms with Crippen molar-refractivity contribution in [1.82, 2.24) is 10.2 Å². The Kier molecular flexibility index (Phi) is 3.43. The SMILES string of the molecule is O=[N+]([O-])c1cc([N+](=O)[O-])c(Nc2ccn[nH]2)c([N+](=O)[O-])c1. The fourth-order valence-corrected chi connectivity index (χ4v) is 1.58. The van der Waals surface area contributed by atoms with Crippen molar-refractivity contribution < 1.29 is 14.8 Å². The van der Waals surface area contributed by atoms with Gasteiger partial charge < -0.3 is 5.32 Å². The Labute approximate surface area is 114 Å². The first-order valence-corrected chi connectivity index (χ1v) is 5.27. The highest BCUT2D eigenvalue weighted by molar-refractivity contribution is 5.80. The molecule has 0 fully saturated rings. The van der Waals surface area contributed by atoms with E-state index in [2.05, 4.69) is 15.5 Å². The largest absolute Gasteiger partial charge is 0.329 e. The van der Waals surface area contributed by atoms with Crippen molar-refractivity contribution in [3.8, 4) is 0 Å². The highest BCUT2D eigenvalue weighted by Crippen LogP contribution is 2.39. The zero-order chi connectivity index (χ0) is 15.6. The lowest BCUT2D eigenvalue weighted by Crippen LogP contribution is -2.03. The summed E-state index contributed by atoms with van der Waals surface area (Å²) in [7, 11) is 0. The monoisotopic (exact) mass is 294 g/mol. The van der Waals surface area contributed by atoms with Gasteiger partial charge >= 0.3 is 11.4 Å². The van der Waals surface area contributed by atoms with E-state index in [0.717, 1.165) is 0 Å². The van der Waals surface area contributed by atoms with Crippen LogP contribution in [-0.4, -0.2) is 25.0 Å². The lowest BCUT2D eigenvalue weighted by molar-refractivity contribution is -0.401. The molecule has 2 aromatic rings. The molecule has 0 amide bonds. The van der Waals surface area contributed by atoms with Crippen molar-refractivity contribution in [2.75, 3.05) is 5.32 Å². The van der Waals surface area contributed by atoms with Crippen LogP contribution in [0, 0.1) is 30.3 Å². The second kappa shape index (κ2) is 5.20. The second-order valence-corrected chi connectivity index (χ2v) is 3.73. The van der Waals surface area contributed by atoms with Crippen LogP contribution in [0.3, 0.4) is 0 Å². The molecule has 0 radical (unpaired) electrons. The smallest absolute Gasteiger partial charge is 0.306 e. The summed E-state index contributed by atoms with van der Waals surface area (Å²) in [4.78, 5) is 29.9. The van der Waals surface area contributed by atoms with Crippen molar-refractivity contribution in [1.29, 1.82) is 0 Å². The highest BCUT2D eigenvalue weighted by atomic mass is 16.6. The number of nitrogens with zero attached hydrogens (tertiary/aromatic N) is 4. The molecule has 12 nitrogen and oxygen atoms in total. The number of aromatic amines is 1. The number of nitro benzene ring substituents is 3. The maximum Gasteiger partial charge on any atom is 0.306 e. The summed E-state index contributed by atoms with van der Waals surface area (Å²) in [6, 6.07) is 2.67. The number of nitrogens with one attached hydrogen (secondary N) is 2. The van der Waals surface area contributed by atoms with E-state index >= 15 is 0 Å². The van der Waals surface area contributed by atoms with Gasteiger partial charge in [0.15, 0.2) is 5.69 Å². The van der Waals surface area contributed by atoms with Gasteiger partial charge in [0.25, 0.3) is 5.69 Å². The Hall–Kier alpha value is -3.57. The van der Waals surface area contributed by atoms with Crippen molar-refractivity contribution in [2.45, 2.75) is 0 Å². The molecule has 0 bridgehead atoms. The normalized spacial score (nSPS) is 10.1. The van der Waals surface area contributed by atoms with Gasteiger partial charge in [-0.05, 0) is 0 Å². The molecule has 2 rings (SSSR count). The topological polar surface area (TPSA) is 170 Å². The molecule has 2 N–H and O–H groups in total. The first-order chi connectivity index (χ1) is 9.90. The van der Waals surface area contributed by atoms with Gasteiger partial charge in [0.2, 0.25) is 0 Å². The maximum absolute atomic E-state index is 11.0. The third-order valence-corrected chi connectivity index (χ3v) is 2.45. The Morgan fingerprint density at radius 2 is 1.57 bits per heavy atom. The molecule has 108 valence electrons. The highest BCUT2D eigenvalue weighted by Gasteiger charge is 2.30. The van der Waals surface area contributed by atoms with Crippen LogP contribution in [0.1, 0.15) is 0 Å². The molecule has 12 heteroatoms. The lowest BCUT2D eigenvalue weighted by atomic mass is 10.2. The van der Waals surface area contributed by atoms with Gasteiger partial charge in [0.05, 0.1) is 33.1 Å². The lowest BCUT2D eigenvalue weighted by Gasteiger charge is -2.05. The molecule has 0 saturated heterocycles. The summed E-state index contributed by atoms with van der Waals surface area (Å²) in [5.41, 5.74) is -2.79. The number of rotatable bonds is 5. The van der Waals surface area contributed by atoms with Crippen LogP contribution >= 0.6 is 0 Å². The average Bonchev–Trinajstić information content (AvgIpc) is 2.90. The van der Waals surface area contributed by atoms with Crippen LogP contribution in [0.4, 0.5) is 28.6 Å². The van der Waals surface area contributed by atoms with E-state index in [1.165, 1.54) is 12.3 Å². The van der Waals surface area contributed by atoms with Crippen LogP contribution < -0.4 is 5.32 Å². The molecule has 0 spiro atoms. The number of H-pyrrole nitrogens is 1. The van der Waals surface area contributed by atoms with E-state index in [9.17, 15) is 30.3 Å². The summed E-state index contributed by atoms with van der Waals surface area (Å²) in [5, 5.41) is 41.1. The minimum atomic E-state index is -0.946. The first kappa shape index (κ1) is 13.9. The van der Waals surface area contributed by atoms with E-state index in [4.69, 9.17) is 0 Å². The quantitative estimate of drug-likeness (QED) is 0.621. The molecule has 21 heavy (non-hydrogen) atoms. The van der Waals surface area contributed by atoms with Crippen LogP contribution in [0.15, 0.2) is 24.4 Å². The van der Waals surface area contributed by atoms with Gasteiger partial charge in [0.1, 0.15) is 5.82 Å². The number of aromatic nitrogens is 2. The molecular formula is C9H6N6O6. The van der Waals surface area contributed by atoms with Crippen molar-refractivity contribution in [2.24, 2.45) is 0 Å². The number of anilines is 2. The number of benzene rings is 1. The summed E-state index contributed by atoms with van der Waals surface area (Å²) in [6.07, 6.45) is 1.32. The molecule has 1 aromatic carbocycles. The van der Waals surface area contributed by atoms with Crippen molar-refractivity contribution in [3.63, 3.8) is 0 Å². The van der Waals surface area contributed by atoms with E-state index in [1.54, 1.807) is 0 Å². The number of nitro groups is 3. The predicted octanol–water partition coefficient (Wildman–Crippen LogP) is 1.88. The van der Waals surface area contributed by atoms with Gasteiger partial charge in [-0.3, -0.25) is 35.4 Å². The third-order valence-electron chi connectivity index (χ3n) is 2.45. The molecule has 1 heterocycles. The van der Waals surface area contributed by atoms with E-state index in [0.29, 0.717) is 12.1 Å². The summed E-state index contributed by atoms with van der Waals surface area (Å²) < 4.78 is 0. The molecule has 1 aromatic heterocycles. The van der Waals surface area contributed by atoms with Crippen LogP contribution in [0.5, 0.6) is 0 Å². The third kappa shape index (κ3) is 2.73. The summed E-state index contributed by atoms with van der Waals surface area (Å²) >= 11 is 0. The zero-order valence-electron chi connectivity index (χ0n) is 10.0. The second-order valence-electron chi connectivity index (χ2n) is 3.73. The Balaban J connectivity index is 2.66. The summed E-state index contributed by atoms with van der Waals surface area (Å²) in [5.74, 6) is 0.162. The van der Waals surface area contributed by atoms with E-state index < -0.39 is 37.5 Å². The minimum Gasteiger partial charge on any atom is -0.329 e. The molecule has 0 saturated carbocycles. The zero-order valence-corrected chi connectivity index (χ0v) is 10.0. The molecular weight excluding hydrogens is 288 g/mol. The fourth-order valence-electron chi connectivity index (χ4n) is 1.58. The Morgan fingerprint density at radius 1 is 1.00 bits per heavy atom. The number of hydrogen-bond donors (Lipinski definition) is 2. The standard InChI is InChI=1S/C9H6N6O6/c16-13(17)5-3-6(14(18)19)9(7(4-5)15(20)21)11-8-1-2-10-12-8/h1-4H,(H2,10,11,12). The van der Waals surface area contributed by atoms with Crippen LogP contribution in [0.2, 0.25) is 0 Å². The molecule has 0 atom stereocenters. The van der Waals surface area contributed by atoms with E-state index in [-0.39, 0.29) is 5.82 Å². The van der Waals surface area contributed by atoms with Gasteiger partial charge in [-0.1, -0.05) is 0 Å². The molecule has 0 unspecified atom stereocenters. The predicted molar refractivity (Wildman–Crippen MR) is 68.3 cm³/mol. The van der Waals surface area contributed by atoms with Crippen molar-refractivity contribution in [3.05, 3.63) is 54.7 Å². The van der Waals surface area contributed by atoms with Gasteiger partial charge in [-0.15, -0.1) is 0 Å². The van der Waals surface area contributed by atoms with Crippen LogP contribution in [-0.2, 0) is 0 Å². The van der Waals surface area contributed by atoms with Gasteiger partial charge in [-0.2, -0.15) is 5.10 Å². The van der Waals surface area contributed by atoms with Crippen LogP contribution in [0.25, 0.3) is 0 Å². The molecule has 0 aliphatic heterocycles. The average molecular weight is 294 g/mol. The Morgan fingerprint density at radius 3 is 1.95 bits per heavy atom. The molecule has 0 aliphatic carbocycles. The Bertz CT molecular complexity index is 691.